The van der Waals surface area contributed by atoms with Crippen LogP contribution in [0.3, 0.4) is 0 Å². The van der Waals surface area contributed by atoms with Crippen molar-refractivity contribution in [1.29, 1.82) is 0 Å². The molecule has 1 amide bonds. The fourth-order valence-electron chi connectivity index (χ4n) is 4.10. The molecule has 0 aromatic carbocycles. The molecule has 9 nitrogen and oxygen atoms in total. The van der Waals surface area contributed by atoms with Crippen molar-refractivity contribution in [3.63, 3.8) is 0 Å². The molecule has 0 spiro atoms. The number of rotatable bonds is 4. The third kappa shape index (κ3) is 5.11. The molecule has 0 radical (unpaired) electrons. The second-order valence-electron chi connectivity index (χ2n) is 8.47. The molecule has 1 aliphatic rings. The van der Waals surface area contributed by atoms with E-state index in [4.69, 9.17) is 9.47 Å². The minimum atomic E-state index is -4.65. The SMILES string of the molecule is Cc1nc2nc(C(F)(F)F)ccc2c(=O)n1[C@@H](C)Oc1ccc(C(=O)N2C[C@@H](C)O[C@@H](C)C2)cn1. The summed E-state index contributed by atoms with van der Waals surface area (Å²) in [5, 5.41) is -0.0677. The molecule has 4 heterocycles. The van der Waals surface area contributed by atoms with Crippen LogP contribution >= 0.6 is 0 Å². The standard InChI is InChI=1S/C23H24F3N5O4/c1-12-10-30(11-13(2)34-12)21(32)16-5-8-19(27-9-16)35-15(4)31-14(3)28-20-17(22(31)33)6-7-18(29-20)23(24,25)26/h5-9,12-13,15H,10-11H2,1-4H3/t12-,13+,15-/m1/s1. The summed E-state index contributed by atoms with van der Waals surface area (Å²) in [6, 6.07) is 4.89. The van der Waals surface area contributed by atoms with Crippen molar-refractivity contribution < 1.29 is 27.4 Å². The second-order valence-corrected chi connectivity index (χ2v) is 8.47. The van der Waals surface area contributed by atoms with Crippen molar-refractivity contribution in [3.05, 3.63) is 57.9 Å². The number of nitrogens with zero attached hydrogens (tertiary/aromatic N) is 5. The fraction of sp³-hybridized carbons (Fsp3) is 0.435. The van der Waals surface area contributed by atoms with E-state index < -0.39 is 23.7 Å². The number of alkyl halides is 3. The molecule has 3 aromatic heterocycles. The van der Waals surface area contributed by atoms with Gasteiger partial charge in [0.1, 0.15) is 11.5 Å². The first-order valence-corrected chi connectivity index (χ1v) is 11.0. The summed E-state index contributed by atoms with van der Waals surface area (Å²) < 4.78 is 51.5. The lowest BCUT2D eigenvalue weighted by molar-refractivity contribution is -0.141. The first kappa shape index (κ1) is 24.6. The Morgan fingerprint density at radius 3 is 2.43 bits per heavy atom. The molecule has 1 aliphatic heterocycles. The summed E-state index contributed by atoms with van der Waals surface area (Å²) in [6.45, 7) is 7.83. The average Bonchev–Trinajstić information content (AvgIpc) is 2.77. The summed E-state index contributed by atoms with van der Waals surface area (Å²) >= 11 is 0. The molecule has 1 saturated heterocycles. The number of aromatic nitrogens is 4. The highest BCUT2D eigenvalue weighted by atomic mass is 19.4. The number of pyridine rings is 2. The Morgan fingerprint density at radius 1 is 1.14 bits per heavy atom. The number of ether oxygens (including phenoxy) is 2. The van der Waals surface area contributed by atoms with E-state index in [0.29, 0.717) is 18.7 Å². The zero-order valence-corrected chi connectivity index (χ0v) is 19.5. The average molecular weight is 491 g/mol. The van der Waals surface area contributed by atoms with Crippen LogP contribution in [0.5, 0.6) is 5.88 Å². The highest BCUT2D eigenvalue weighted by Crippen LogP contribution is 2.28. The molecular weight excluding hydrogens is 467 g/mol. The minimum Gasteiger partial charge on any atom is -0.453 e. The van der Waals surface area contributed by atoms with Crippen LogP contribution in [0.25, 0.3) is 11.0 Å². The highest BCUT2D eigenvalue weighted by Gasteiger charge is 2.33. The first-order chi connectivity index (χ1) is 16.4. The summed E-state index contributed by atoms with van der Waals surface area (Å²) in [5.41, 5.74) is -1.63. The summed E-state index contributed by atoms with van der Waals surface area (Å²) in [4.78, 5) is 39.2. The number of fused-ring (bicyclic) bond motifs is 1. The van der Waals surface area contributed by atoms with Crippen LogP contribution in [0, 0.1) is 6.92 Å². The lowest BCUT2D eigenvalue weighted by Gasteiger charge is -2.35. The van der Waals surface area contributed by atoms with E-state index in [2.05, 4.69) is 15.0 Å². The van der Waals surface area contributed by atoms with Gasteiger partial charge in [0.05, 0.1) is 23.2 Å². The number of amides is 1. The van der Waals surface area contributed by atoms with Gasteiger partial charge in [-0.05, 0) is 45.9 Å². The van der Waals surface area contributed by atoms with E-state index >= 15 is 0 Å². The van der Waals surface area contributed by atoms with Crippen molar-refractivity contribution in [1.82, 2.24) is 24.4 Å². The Kier molecular flexibility index (Phi) is 6.50. The zero-order valence-electron chi connectivity index (χ0n) is 19.5. The fourth-order valence-corrected chi connectivity index (χ4v) is 4.10. The Morgan fingerprint density at radius 2 is 1.83 bits per heavy atom. The number of morpholine rings is 1. The topological polar surface area (TPSA) is 99.4 Å². The molecule has 0 saturated carbocycles. The van der Waals surface area contributed by atoms with Crippen LogP contribution < -0.4 is 10.3 Å². The molecule has 1 fully saturated rings. The number of aryl methyl sites for hydroxylation is 1. The van der Waals surface area contributed by atoms with Crippen LogP contribution in [0.4, 0.5) is 13.2 Å². The Balaban J connectivity index is 1.53. The van der Waals surface area contributed by atoms with Crippen molar-refractivity contribution in [2.24, 2.45) is 0 Å². The number of carbonyl (C=O) groups excluding carboxylic acids is 1. The monoisotopic (exact) mass is 491 g/mol. The maximum Gasteiger partial charge on any atom is 0.433 e. The molecule has 0 bridgehead atoms. The molecule has 12 heteroatoms. The van der Waals surface area contributed by atoms with Crippen molar-refractivity contribution in [2.45, 2.75) is 52.3 Å². The molecule has 3 atom stereocenters. The maximum atomic E-state index is 13.0. The van der Waals surface area contributed by atoms with E-state index in [-0.39, 0.29) is 40.9 Å². The molecular formula is C23H24F3N5O4. The summed E-state index contributed by atoms with van der Waals surface area (Å²) in [5.74, 6) is 0.120. The molecule has 186 valence electrons. The Hall–Kier alpha value is -3.54. The van der Waals surface area contributed by atoms with E-state index in [1.54, 1.807) is 17.9 Å². The molecule has 4 rings (SSSR count). The van der Waals surface area contributed by atoms with Gasteiger partial charge in [-0.1, -0.05) is 0 Å². The molecule has 35 heavy (non-hydrogen) atoms. The van der Waals surface area contributed by atoms with Gasteiger partial charge in [0, 0.05) is 25.4 Å². The van der Waals surface area contributed by atoms with Crippen molar-refractivity contribution in [3.8, 4) is 5.88 Å². The predicted octanol–water partition coefficient (Wildman–Crippen LogP) is 3.36. The lowest BCUT2D eigenvalue weighted by Crippen LogP contribution is -2.48. The van der Waals surface area contributed by atoms with Crippen LogP contribution in [-0.4, -0.2) is 55.6 Å². The Labute approximate surface area is 198 Å². The number of hydrogen-bond acceptors (Lipinski definition) is 7. The largest absolute Gasteiger partial charge is 0.453 e. The van der Waals surface area contributed by atoms with Gasteiger partial charge in [-0.3, -0.25) is 14.2 Å². The van der Waals surface area contributed by atoms with Gasteiger partial charge in [-0.25, -0.2) is 15.0 Å². The normalized spacial score (nSPS) is 19.6. The smallest absolute Gasteiger partial charge is 0.433 e. The third-order valence-electron chi connectivity index (χ3n) is 5.58. The predicted molar refractivity (Wildman–Crippen MR) is 119 cm³/mol. The number of halogens is 3. The zero-order chi connectivity index (χ0) is 25.5. The lowest BCUT2D eigenvalue weighted by atomic mass is 10.2. The van der Waals surface area contributed by atoms with Gasteiger partial charge in [0.25, 0.3) is 11.5 Å². The van der Waals surface area contributed by atoms with Crippen molar-refractivity contribution in [2.75, 3.05) is 13.1 Å². The Bertz CT molecular complexity index is 1300. The second kappa shape index (κ2) is 9.25. The third-order valence-corrected chi connectivity index (χ3v) is 5.58. The highest BCUT2D eigenvalue weighted by molar-refractivity contribution is 5.94. The van der Waals surface area contributed by atoms with E-state index in [1.807, 2.05) is 13.8 Å². The van der Waals surface area contributed by atoms with Crippen LogP contribution in [0.1, 0.15) is 48.9 Å². The number of hydrogen-bond donors (Lipinski definition) is 0. The molecule has 0 aliphatic carbocycles. The number of carbonyl (C=O) groups is 1. The first-order valence-electron chi connectivity index (χ1n) is 11.0. The maximum absolute atomic E-state index is 13.0. The minimum absolute atomic E-state index is 0.0634. The summed E-state index contributed by atoms with van der Waals surface area (Å²) in [6.07, 6.45) is -4.26. The van der Waals surface area contributed by atoms with E-state index in [0.717, 1.165) is 12.1 Å². The van der Waals surface area contributed by atoms with Gasteiger partial charge >= 0.3 is 6.18 Å². The van der Waals surface area contributed by atoms with Gasteiger partial charge in [-0.15, -0.1) is 0 Å². The van der Waals surface area contributed by atoms with E-state index in [9.17, 15) is 22.8 Å². The van der Waals surface area contributed by atoms with Crippen LogP contribution in [0.2, 0.25) is 0 Å². The van der Waals surface area contributed by atoms with Gasteiger partial charge in [0.2, 0.25) is 5.88 Å². The van der Waals surface area contributed by atoms with Crippen LogP contribution in [-0.2, 0) is 10.9 Å². The van der Waals surface area contributed by atoms with Crippen molar-refractivity contribution >= 4 is 16.9 Å². The molecule has 3 aromatic rings. The van der Waals surface area contributed by atoms with E-state index in [1.165, 1.54) is 23.8 Å². The molecule has 0 N–H and O–H groups in total. The van der Waals surface area contributed by atoms with Crippen LogP contribution in [0.15, 0.2) is 35.3 Å². The van der Waals surface area contributed by atoms with Gasteiger partial charge < -0.3 is 14.4 Å². The van der Waals surface area contributed by atoms with Gasteiger partial charge in [-0.2, -0.15) is 13.2 Å². The quantitative estimate of drug-likeness (QED) is 0.552. The molecule has 0 unspecified atom stereocenters. The summed E-state index contributed by atoms with van der Waals surface area (Å²) in [7, 11) is 0. The van der Waals surface area contributed by atoms with Gasteiger partial charge in [0.15, 0.2) is 11.9 Å².